The molecule has 1 aliphatic heterocycles. The van der Waals surface area contributed by atoms with E-state index < -0.39 is 5.97 Å². The molecular weight excluding hydrogens is 443 g/mol. The fourth-order valence-electron chi connectivity index (χ4n) is 4.03. The Morgan fingerprint density at radius 3 is 2.09 bits per heavy atom. The quantitative estimate of drug-likeness (QED) is 0.0724. The lowest BCUT2D eigenvalue weighted by Crippen LogP contribution is -2.20. The molecule has 0 amide bonds. The number of amidine groups is 1. The molecule has 0 saturated heterocycles. The lowest BCUT2D eigenvalue weighted by atomic mass is 10.1. The predicted molar refractivity (Wildman–Crippen MR) is 142 cm³/mol. The van der Waals surface area contributed by atoms with Gasteiger partial charge >= 0.3 is 5.97 Å². The topological polar surface area (TPSA) is 70.9 Å². The number of allylic oxidation sites excluding steroid dienone is 2. The zero-order valence-corrected chi connectivity index (χ0v) is 21.4. The maximum Gasteiger partial charge on any atom is 0.345 e. The zero-order valence-electron chi connectivity index (χ0n) is 21.4. The van der Waals surface area contributed by atoms with Crippen LogP contribution in [0, 0.1) is 5.82 Å². The molecule has 35 heavy (non-hydrogen) atoms. The van der Waals surface area contributed by atoms with Gasteiger partial charge in [-0.1, -0.05) is 76.9 Å². The van der Waals surface area contributed by atoms with Crippen LogP contribution >= 0.6 is 0 Å². The van der Waals surface area contributed by atoms with Gasteiger partial charge in [-0.2, -0.15) is 0 Å². The average molecular weight is 487 g/mol. The number of aliphatic hydroxyl groups is 1. The second kappa shape index (κ2) is 17.8. The van der Waals surface area contributed by atoms with Crippen molar-refractivity contribution in [3.63, 3.8) is 0 Å². The van der Waals surface area contributed by atoms with Crippen molar-refractivity contribution >= 4 is 17.5 Å². The lowest BCUT2D eigenvalue weighted by Gasteiger charge is -2.10. The Morgan fingerprint density at radius 1 is 0.943 bits per heavy atom. The largest absolute Gasteiger partial charge is 0.508 e. The first-order valence-electron chi connectivity index (χ1n) is 13.4. The molecule has 2 rings (SSSR count). The standard InChI is InChI=1S/C29H43FN2O3/c1-2-3-4-5-6-7-8-9-10-11-12-13-14-15-16-17-22-31-28(27-26(33)23-35-29(27)34)32-25-20-18-24(30)19-21-25/h9-10,18-21,33H,2-8,11-17,22-23H2,1H3,(H,31,32)/b10-9-. The van der Waals surface area contributed by atoms with E-state index in [-0.39, 0.29) is 29.6 Å². The van der Waals surface area contributed by atoms with E-state index in [1.807, 2.05) is 0 Å². The normalized spacial score (nSPS) is 14.2. The number of hydrogen-bond donors (Lipinski definition) is 2. The number of carbonyl (C=O) groups excluding carboxylic acids is 1. The van der Waals surface area contributed by atoms with Crippen LogP contribution < -0.4 is 5.32 Å². The summed E-state index contributed by atoms with van der Waals surface area (Å²) in [6.45, 7) is 2.65. The van der Waals surface area contributed by atoms with Crippen molar-refractivity contribution < 1.29 is 19.0 Å². The van der Waals surface area contributed by atoms with E-state index >= 15 is 0 Å². The number of aliphatic hydroxyl groups excluding tert-OH is 1. The summed E-state index contributed by atoms with van der Waals surface area (Å²) in [5.74, 6) is -0.814. The van der Waals surface area contributed by atoms with Crippen LogP contribution in [0.15, 0.2) is 52.7 Å². The third-order valence-electron chi connectivity index (χ3n) is 6.12. The molecule has 1 aromatic rings. The van der Waals surface area contributed by atoms with Crippen LogP contribution in [0.25, 0.3) is 0 Å². The van der Waals surface area contributed by atoms with Crippen LogP contribution in [0.2, 0.25) is 0 Å². The maximum atomic E-state index is 13.2. The van der Waals surface area contributed by atoms with Crippen molar-refractivity contribution in [1.29, 1.82) is 0 Å². The minimum absolute atomic E-state index is 0.0545. The van der Waals surface area contributed by atoms with Crippen LogP contribution in [0.4, 0.5) is 10.1 Å². The molecular formula is C29H43FN2O3. The fraction of sp³-hybridized carbons (Fsp3) is 0.586. The molecule has 0 aliphatic carbocycles. The molecule has 1 aliphatic rings. The second-order valence-corrected chi connectivity index (χ2v) is 9.20. The number of halogens is 1. The molecule has 0 aromatic heterocycles. The third-order valence-corrected chi connectivity index (χ3v) is 6.12. The highest BCUT2D eigenvalue weighted by Crippen LogP contribution is 2.18. The van der Waals surface area contributed by atoms with Crippen molar-refractivity contribution in [2.45, 2.75) is 96.8 Å². The molecule has 6 heteroatoms. The summed E-state index contributed by atoms with van der Waals surface area (Å²) in [4.78, 5) is 16.5. The highest BCUT2D eigenvalue weighted by molar-refractivity contribution is 6.24. The molecule has 0 saturated carbocycles. The summed E-state index contributed by atoms with van der Waals surface area (Å²) in [5, 5.41) is 13.1. The van der Waals surface area contributed by atoms with E-state index in [0.29, 0.717) is 12.2 Å². The molecule has 0 bridgehead atoms. The van der Waals surface area contributed by atoms with Gasteiger partial charge in [0, 0.05) is 12.2 Å². The molecule has 5 nitrogen and oxygen atoms in total. The van der Waals surface area contributed by atoms with Crippen LogP contribution in [0.1, 0.15) is 96.8 Å². The second-order valence-electron chi connectivity index (χ2n) is 9.20. The van der Waals surface area contributed by atoms with Gasteiger partial charge in [-0.05, 0) is 56.4 Å². The average Bonchev–Trinajstić information content (AvgIpc) is 3.19. The van der Waals surface area contributed by atoms with Gasteiger partial charge in [-0.25, -0.2) is 9.18 Å². The van der Waals surface area contributed by atoms with E-state index in [2.05, 4.69) is 29.4 Å². The van der Waals surface area contributed by atoms with Gasteiger partial charge in [0.2, 0.25) is 0 Å². The molecule has 0 spiro atoms. The molecule has 0 atom stereocenters. The first kappa shape index (κ1) is 28.6. The molecule has 0 unspecified atom stereocenters. The number of hydrogen-bond acceptors (Lipinski definition) is 4. The first-order chi connectivity index (χ1) is 17.1. The highest BCUT2D eigenvalue weighted by atomic mass is 19.1. The molecule has 194 valence electrons. The number of nitrogens with zero attached hydrogens (tertiary/aromatic N) is 1. The summed E-state index contributed by atoms with van der Waals surface area (Å²) in [6.07, 6.45) is 22.0. The summed E-state index contributed by atoms with van der Waals surface area (Å²) < 4.78 is 18.1. The van der Waals surface area contributed by atoms with Gasteiger partial charge in [-0.15, -0.1) is 0 Å². The van der Waals surface area contributed by atoms with Crippen LogP contribution in [0.3, 0.4) is 0 Å². The van der Waals surface area contributed by atoms with Crippen LogP contribution in [-0.4, -0.2) is 30.1 Å². The molecule has 0 radical (unpaired) electrons. The van der Waals surface area contributed by atoms with Crippen LogP contribution in [-0.2, 0) is 9.53 Å². The number of ether oxygens (including phenoxy) is 1. The maximum absolute atomic E-state index is 13.2. The van der Waals surface area contributed by atoms with Gasteiger partial charge in [-0.3, -0.25) is 4.99 Å². The van der Waals surface area contributed by atoms with Crippen molar-refractivity contribution in [2.24, 2.45) is 4.99 Å². The monoisotopic (exact) mass is 486 g/mol. The zero-order chi connectivity index (χ0) is 25.1. The summed E-state index contributed by atoms with van der Waals surface area (Å²) in [7, 11) is 0. The summed E-state index contributed by atoms with van der Waals surface area (Å²) in [6, 6.07) is 5.78. The highest BCUT2D eigenvalue weighted by Gasteiger charge is 2.29. The van der Waals surface area contributed by atoms with Crippen molar-refractivity contribution in [3.05, 3.63) is 53.6 Å². The van der Waals surface area contributed by atoms with E-state index in [1.54, 1.807) is 12.1 Å². The SMILES string of the molecule is CCCCCCCC/C=C\CCCCCCCCN=C(Nc1ccc(F)cc1)C1=C(O)COC1=O. The van der Waals surface area contributed by atoms with Gasteiger partial charge in [0.25, 0.3) is 0 Å². The minimum atomic E-state index is -0.600. The number of benzene rings is 1. The molecule has 1 aromatic carbocycles. The van der Waals surface area contributed by atoms with Crippen molar-refractivity contribution in [1.82, 2.24) is 0 Å². The predicted octanol–water partition coefficient (Wildman–Crippen LogP) is 8.04. The number of rotatable bonds is 18. The van der Waals surface area contributed by atoms with Crippen molar-refractivity contribution in [3.8, 4) is 0 Å². The molecule has 2 N–H and O–H groups in total. The minimum Gasteiger partial charge on any atom is -0.508 e. The number of aliphatic imine (C=N–C) groups is 1. The number of unbranched alkanes of at least 4 members (excludes halogenated alkanes) is 12. The van der Waals surface area contributed by atoms with Crippen LogP contribution in [0.5, 0.6) is 0 Å². The number of cyclic esters (lactones) is 1. The van der Waals surface area contributed by atoms with Gasteiger partial charge in [0.05, 0.1) is 0 Å². The number of anilines is 1. The number of esters is 1. The Balaban J connectivity index is 1.59. The van der Waals surface area contributed by atoms with E-state index in [9.17, 15) is 14.3 Å². The van der Waals surface area contributed by atoms with Crippen molar-refractivity contribution in [2.75, 3.05) is 18.5 Å². The Bertz CT molecular complexity index is 831. The Kier molecular flexibility index (Phi) is 14.5. The third kappa shape index (κ3) is 12.1. The van der Waals surface area contributed by atoms with Gasteiger partial charge < -0.3 is 15.2 Å². The first-order valence-corrected chi connectivity index (χ1v) is 13.4. The Labute approximate surface area is 210 Å². The van der Waals surface area contributed by atoms with Gasteiger partial charge in [0.1, 0.15) is 29.6 Å². The van der Waals surface area contributed by atoms with E-state index in [4.69, 9.17) is 4.74 Å². The smallest absolute Gasteiger partial charge is 0.345 e. The number of carbonyl (C=O) groups is 1. The Hall–Kier alpha value is -2.63. The molecule has 0 fully saturated rings. The fourth-order valence-corrected chi connectivity index (χ4v) is 4.03. The van der Waals surface area contributed by atoms with E-state index in [1.165, 1.54) is 82.8 Å². The summed E-state index contributed by atoms with van der Waals surface area (Å²) in [5.41, 5.74) is 0.644. The Morgan fingerprint density at radius 2 is 1.51 bits per heavy atom. The number of nitrogens with one attached hydrogen (secondary N) is 1. The lowest BCUT2D eigenvalue weighted by molar-refractivity contribution is -0.135. The van der Waals surface area contributed by atoms with E-state index in [0.717, 1.165) is 19.3 Å². The molecule has 1 heterocycles. The van der Waals surface area contributed by atoms with Gasteiger partial charge in [0.15, 0.2) is 0 Å². The summed E-state index contributed by atoms with van der Waals surface area (Å²) >= 11 is 0.